The third-order valence-corrected chi connectivity index (χ3v) is 6.78. The van der Waals surface area contributed by atoms with E-state index in [-0.39, 0.29) is 23.5 Å². The van der Waals surface area contributed by atoms with Crippen LogP contribution in [-0.4, -0.2) is 37.3 Å². The molecule has 33 heavy (non-hydrogen) atoms. The Kier molecular flexibility index (Phi) is 8.65. The van der Waals surface area contributed by atoms with E-state index in [9.17, 15) is 9.59 Å². The molecule has 2 heterocycles. The number of allylic oxidation sites excluding steroid dienone is 1. The minimum Gasteiger partial charge on any atom is -0.342 e. The van der Waals surface area contributed by atoms with Gasteiger partial charge in [-0.25, -0.2) is 4.98 Å². The number of nitrogens with zero attached hydrogens (tertiary/aromatic N) is 4. The van der Waals surface area contributed by atoms with E-state index in [1.54, 1.807) is 30.3 Å². The van der Waals surface area contributed by atoms with E-state index in [1.165, 1.54) is 23.1 Å². The number of hydrogen-bond donors (Lipinski definition) is 2. The first-order chi connectivity index (χ1) is 15.8. The van der Waals surface area contributed by atoms with Crippen molar-refractivity contribution in [2.45, 2.75) is 38.5 Å². The van der Waals surface area contributed by atoms with Crippen LogP contribution in [0.2, 0.25) is 5.02 Å². The van der Waals surface area contributed by atoms with Crippen molar-refractivity contribution in [2.24, 2.45) is 5.92 Å². The minimum atomic E-state index is -0.414. The molecule has 0 aliphatic rings. The SMILES string of the molecule is C=CCn1c(SCC(=O)Nc2nc(C)cs2)nnc1C(NC(=O)c1ccccc1Cl)C(C)C. The van der Waals surface area contributed by atoms with Gasteiger partial charge in [-0.3, -0.25) is 9.59 Å². The molecule has 0 radical (unpaired) electrons. The van der Waals surface area contributed by atoms with Gasteiger partial charge < -0.3 is 15.2 Å². The molecule has 2 amide bonds. The Balaban J connectivity index is 1.76. The molecule has 3 rings (SSSR count). The molecule has 0 bridgehead atoms. The van der Waals surface area contributed by atoms with Gasteiger partial charge in [0.2, 0.25) is 5.91 Å². The quantitative estimate of drug-likeness (QED) is 0.305. The van der Waals surface area contributed by atoms with Crippen LogP contribution in [-0.2, 0) is 11.3 Å². The molecule has 1 aromatic carbocycles. The number of carbonyl (C=O) groups excluding carboxylic acids is 2. The molecular formula is C22H25ClN6O2S2. The highest BCUT2D eigenvalue weighted by atomic mass is 35.5. The Morgan fingerprint density at radius 1 is 1.30 bits per heavy atom. The van der Waals surface area contributed by atoms with E-state index in [1.807, 2.05) is 30.7 Å². The molecule has 2 aromatic heterocycles. The van der Waals surface area contributed by atoms with Crippen LogP contribution in [0.4, 0.5) is 5.13 Å². The van der Waals surface area contributed by atoms with Crippen molar-refractivity contribution in [1.29, 1.82) is 0 Å². The fourth-order valence-corrected chi connectivity index (χ4v) is 4.71. The highest BCUT2D eigenvalue weighted by Crippen LogP contribution is 2.26. The first-order valence-electron chi connectivity index (χ1n) is 10.2. The summed E-state index contributed by atoms with van der Waals surface area (Å²) in [6.45, 7) is 10.1. The monoisotopic (exact) mass is 504 g/mol. The molecule has 1 atom stereocenters. The molecule has 11 heteroatoms. The number of benzene rings is 1. The second-order valence-electron chi connectivity index (χ2n) is 7.55. The van der Waals surface area contributed by atoms with E-state index >= 15 is 0 Å². The molecule has 0 aliphatic heterocycles. The lowest BCUT2D eigenvalue weighted by Gasteiger charge is -2.22. The van der Waals surface area contributed by atoms with Gasteiger partial charge in [-0.05, 0) is 25.0 Å². The Morgan fingerprint density at radius 2 is 2.06 bits per heavy atom. The molecule has 3 aromatic rings. The average Bonchev–Trinajstić information content (AvgIpc) is 3.36. The Morgan fingerprint density at radius 3 is 2.70 bits per heavy atom. The number of carbonyl (C=O) groups is 2. The van der Waals surface area contributed by atoms with E-state index in [2.05, 4.69) is 32.4 Å². The maximum Gasteiger partial charge on any atom is 0.253 e. The summed E-state index contributed by atoms with van der Waals surface area (Å²) in [6, 6.07) is 6.47. The fraction of sp³-hybridized carbons (Fsp3) is 0.318. The lowest BCUT2D eigenvalue weighted by Crippen LogP contribution is -2.34. The van der Waals surface area contributed by atoms with Crippen molar-refractivity contribution < 1.29 is 9.59 Å². The molecule has 8 nitrogen and oxygen atoms in total. The van der Waals surface area contributed by atoms with Crippen molar-refractivity contribution in [1.82, 2.24) is 25.1 Å². The predicted octanol–water partition coefficient (Wildman–Crippen LogP) is 4.74. The summed E-state index contributed by atoms with van der Waals surface area (Å²) in [4.78, 5) is 29.5. The summed E-state index contributed by atoms with van der Waals surface area (Å²) in [6.07, 6.45) is 1.72. The molecule has 0 fully saturated rings. The van der Waals surface area contributed by atoms with Gasteiger partial charge in [0, 0.05) is 11.9 Å². The number of thioether (sulfide) groups is 1. The number of thiazole rings is 1. The van der Waals surface area contributed by atoms with Gasteiger partial charge in [0.15, 0.2) is 16.1 Å². The topological polar surface area (TPSA) is 102 Å². The zero-order valence-corrected chi connectivity index (χ0v) is 20.9. The zero-order valence-electron chi connectivity index (χ0n) is 18.5. The summed E-state index contributed by atoms with van der Waals surface area (Å²) < 4.78 is 1.86. The van der Waals surface area contributed by atoms with Crippen LogP contribution in [0.5, 0.6) is 0 Å². The van der Waals surface area contributed by atoms with Crippen LogP contribution in [0.3, 0.4) is 0 Å². The Hall–Kier alpha value is -2.69. The van der Waals surface area contributed by atoms with Crippen molar-refractivity contribution in [3.8, 4) is 0 Å². The smallest absolute Gasteiger partial charge is 0.253 e. The maximum atomic E-state index is 12.9. The zero-order chi connectivity index (χ0) is 24.0. The second kappa shape index (κ2) is 11.4. The van der Waals surface area contributed by atoms with Crippen LogP contribution in [0, 0.1) is 12.8 Å². The lowest BCUT2D eigenvalue weighted by molar-refractivity contribution is -0.113. The second-order valence-corrected chi connectivity index (χ2v) is 9.75. The summed E-state index contributed by atoms with van der Waals surface area (Å²) in [5, 5.41) is 17.8. The highest BCUT2D eigenvalue weighted by molar-refractivity contribution is 7.99. The maximum absolute atomic E-state index is 12.9. The van der Waals surface area contributed by atoms with Crippen molar-refractivity contribution in [3.05, 3.63) is 64.4 Å². The third-order valence-electron chi connectivity index (χ3n) is 4.60. The molecule has 0 aliphatic carbocycles. The van der Waals surface area contributed by atoms with Gasteiger partial charge in [0.05, 0.1) is 28.1 Å². The Bertz CT molecular complexity index is 1140. The third kappa shape index (κ3) is 6.43. The van der Waals surface area contributed by atoms with E-state index < -0.39 is 6.04 Å². The van der Waals surface area contributed by atoms with Crippen LogP contribution in [0.15, 0.2) is 47.5 Å². The number of aromatic nitrogens is 4. The fourth-order valence-electron chi connectivity index (χ4n) is 3.03. The lowest BCUT2D eigenvalue weighted by atomic mass is 10.0. The summed E-state index contributed by atoms with van der Waals surface area (Å²) >= 11 is 8.83. The molecule has 1 unspecified atom stereocenters. The standard InChI is InChI=1S/C22H25ClN6O2S2/c1-5-10-29-19(18(13(2)3)26-20(31)15-8-6-7-9-16(15)23)27-28-22(29)33-12-17(30)25-21-24-14(4)11-32-21/h5-9,11,13,18H,1,10,12H2,2-4H3,(H,26,31)(H,24,25,30). The van der Waals surface area contributed by atoms with Crippen molar-refractivity contribution in [2.75, 3.05) is 11.1 Å². The van der Waals surface area contributed by atoms with Crippen molar-refractivity contribution >= 4 is 51.6 Å². The van der Waals surface area contributed by atoms with Gasteiger partial charge in [-0.15, -0.1) is 28.1 Å². The van der Waals surface area contributed by atoms with E-state index in [0.717, 1.165) is 5.69 Å². The van der Waals surface area contributed by atoms with Gasteiger partial charge in [0.25, 0.3) is 5.91 Å². The molecule has 174 valence electrons. The number of hydrogen-bond acceptors (Lipinski definition) is 7. The number of rotatable bonds is 10. The van der Waals surface area contributed by atoms with Crippen LogP contribution >= 0.6 is 34.7 Å². The van der Waals surface area contributed by atoms with Crippen LogP contribution in [0.1, 0.15) is 41.8 Å². The molecule has 2 N–H and O–H groups in total. The molecule has 0 saturated heterocycles. The van der Waals surface area contributed by atoms with Gasteiger partial charge in [-0.1, -0.05) is 55.4 Å². The highest BCUT2D eigenvalue weighted by Gasteiger charge is 2.27. The number of nitrogens with one attached hydrogen (secondary N) is 2. The van der Waals surface area contributed by atoms with E-state index in [4.69, 9.17) is 11.6 Å². The van der Waals surface area contributed by atoms with E-state index in [0.29, 0.717) is 33.2 Å². The average molecular weight is 505 g/mol. The van der Waals surface area contributed by atoms with Crippen LogP contribution in [0.25, 0.3) is 0 Å². The van der Waals surface area contributed by atoms with Crippen molar-refractivity contribution in [3.63, 3.8) is 0 Å². The largest absolute Gasteiger partial charge is 0.342 e. The summed E-state index contributed by atoms with van der Waals surface area (Å²) in [7, 11) is 0. The summed E-state index contributed by atoms with van der Waals surface area (Å²) in [5.41, 5.74) is 1.25. The van der Waals surface area contributed by atoms with Gasteiger partial charge in [-0.2, -0.15) is 0 Å². The number of aryl methyl sites for hydroxylation is 1. The Labute approximate surface area is 205 Å². The first kappa shape index (κ1) is 24.9. The molecule has 0 saturated carbocycles. The number of amides is 2. The number of halogens is 1. The predicted molar refractivity (Wildman–Crippen MR) is 133 cm³/mol. The van der Waals surface area contributed by atoms with Gasteiger partial charge in [0.1, 0.15) is 0 Å². The van der Waals surface area contributed by atoms with Crippen LogP contribution < -0.4 is 10.6 Å². The van der Waals surface area contributed by atoms with Gasteiger partial charge >= 0.3 is 0 Å². The summed E-state index contributed by atoms with van der Waals surface area (Å²) in [5.74, 6) is 0.283. The minimum absolute atomic E-state index is 0.0264. The molecule has 0 spiro atoms. The normalized spacial score (nSPS) is 11.9. The molecular weight excluding hydrogens is 480 g/mol. The first-order valence-corrected chi connectivity index (χ1v) is 12.5. The number of anilines is 1.